The van der Waals surface area contributed by atoms with Crippen LogP contribution in [0.1, 0.15) is 44.6 Å². The lowest BCUT2D eigenvalue weighted by atomic mass is 9.85. The predicted molar refractivity (Wildman–Crippen MR) is 92.0 cm³/mol. The van der Waals surface area contributed by atoms with Crippen LogP contribution < -0.4 is 15.4 Å². The summed E-state index contributed by atoms with van der Waals surface area (Å²) in [5, 5.41) is 15.3. The van der Waals surface area contributed by atoms with Gasteiger partial charge in [-0.2, -0.15) is 0 Å². The van der Waals surface area contributed by atoms with E-state index < -0.39 is 0 Å². The number of anilines is 1. The molecule has 2 unspecified atom stereocenters. The number of benzene rings is 1. The number of rotatable bonds is 6. The molecule has 1 fully saturated rings. The molecule has 128 valence electrons. The van der Waals surface area contributed by atoms with Crippen LogP contribution in [-0.4, -0.2) is 30.4 Å². The van der Waals surface area contributed by atoms with E-state index in [1.165, 1.54) is 0 Å². The number of hydrogen-bond acceptors (Lipinski definition) is 3. The SMILES string of the molecule is CCCOc1ccc(NC(=O)NC2CCCCC2CO)c(C)c1. The van der Waals surface area contributed by atoms with E-state index in [-0.39, 0.29) is 24.6 Å². The molecule has 1 aromatic carbocycles. The van der Waals surface area contributed by atoms with Crippen molar-refractivity contribution in [3.05, 3.63) is 23.8 Å². The number of hydrogen-bond donors (Lipinski definition) is 3. The van der Waals surface area contributed by atoms with E-state index in [2.05, 4.69) is 17.6 Å². The lowest BCUT2D eigenvalue weighted by molar-refractivity contribution is 0.156. The van der Waals surface area contributed by atoms with Crippen LogP contribution in [0.4, 0.5) is 10.5 Å². The van der Waals surface area contributed by atoms with Crippen molar-refractivity contribution in [1.29, 1.82) is 0 Å². The molecule has 5 heteroatoms. The predicted octanol–water partition coefficient (Wildman–Crippen LogP) is 3.46. The maximum absolute atomic E-state index is 12.2. The van der Waals surface area contributed by atoms with Gasteiger partial charge in [0.15, 0.2) is 0 Å². The Hall–Kier alpha value is -1.75. The Balaban J connectivity index is 1.91. The highest BCUT2D eigenvalue weighted by atomic mass is 16.5. The number of nitrogens with one attached hydrogen (secondary N) is 2. The first-order valence-corrected chi connectivity index (χ1v) is 8.56. The second kappa shape index (κ2) is 8.77. The second-order valence-corrected chi connectivity index (χ2v) is 6.26. The standard InChI is InChI=1S/C18H28N2O3/c1-3-10-23-15-8-9-16(13(2)11-15)19-18(22)20-17-7-5-4-6-14(17)12-21/h8-9,11,14,17,21H,3-7,10,12H2,1-2H3,(H2,19,20,22). The van der Waals surface area contributed by atoms with Gasteiger partial charge in [-0.15, -0.1) is 0 Å². The van der Waals surface area contributed by atoms with Crippen LogP contribution >= 0.6 is 0 Å². The molecule has 0 bridgehead atoms. The lowest BCUT2D eigenvalue weighted by Gasteiger charge is -2.30. The van der Waals surface area contributed by atoms with E-state index in [1.807, 2.05) is 25.1 Å². The molecule has 0 heterocycles. The van der Waals surface area contributed by atoms with Crippen LogP contribution in [0.15, 0.2) is 18.2 Å². The van der Waals surface area contributed by atoms with Crippen LogP contribution in [0.5, 0.6) is 5.75 Å². The summed E-state index contributed by atoms with van der Waals surface area (Å²) >= 11 is 0. The first-order chi connectivity index (χ1) is 11.1. The summed E-state index contributed by atoms with van der Waals surface area (Å²) in [7, 11) is 0. The maximum Gasteiger partial charge on any atom is 0.319 e. The molecule has 0 aliphatic heterocycles. The number of aryl methyl sites for hydroxylation is 1. The molecule has 5 nitrogen and oxygen atoms in total. The average molecular weight is 320 g/mol. The third-order valence-corrected chi connectivity index (χ3v) is 4.38. The summed E-state index contributed by atoms with van der Waals surface area (Å²) in [5.74, 6) is 0.989. The van der Waals surface area contributed by atoms with Gasteiger partial charge in [0.2, 0.25) is 0 Å². The summed E-state index contributed by atoms with van der Waals surface area (Å²) in [6.45, 7) is 4.84. The van der Waals surface area contributed by atoms with Crippen LogP contribution in [0.2, 0.25) is 0 Å². The molecule has 1 saturated carbocycles. The molecule has 3 N–H and O–H groups in total. The van der Waals surface area contributed by atoms with Crippen LogP contribution in [-0.2, 0) is 0 Å². The van der Waals surface area contributed by atoms with Crippen molar-refractivity contribution in [3.8, 4) is 5.75 Å². The average Bonchev–Trinajstić information content (AvgIpc) is 2.55. The van der Waals surface area contributed by atoms with Gasteiger partial charge in [0.1, 0.15) is 5.75 Å². The lowest BCUT2D eigenvalue weighted by Crippen LogP contribution is -2.45. The van der Waals surface area contributed by atoms with Gasteiger partial charge in [0, 0.05) is 24.3 Å². The Morgan fingerprint density at radius 3 is 2.83 bits per heavy atom. The third-order valence-electron chi connectivity index (χ3n) is 4.38. The number of aliphatic hydroxyl groups is 1. The first kappa shape index (κ1) is 17.6. The molecule has 0 aromatic heterocycles. The Morgan fingerprint density at radius 2 is 2.13 bits per heavy atom. The molecule has 1 aliphatic rings. The minimum atomic E-state index is -0.208. The van der Waals surface area contributed by atoms with Crippen LogP contribution in [0.25, 0.3) is 0 Å². The van der Waals surface area contributed by atoms with E-state index in [9.17, 15) is 9.90 Å². The van der Waals surface area contributed by atoms with Gasteiger partial charge in [-0.05, 0) is 49.9 Å². The molecule has 23 heavy (non-hydrogen) atoms. The molecule has 0 radical (unpaired) electrons. The van der Waals surface area contributed by atoms with Gasteiger partial charge in [-0.3, -0.25) is 0 Å². The molecule has 1 aromatic rings. The number of carbonyl (C=O) groups is 1. The van der Waals surface area contributed by atoms with E-state index in [4.69, 9.17) is 4.74 Å². The fourth-order valence-electron chi connectivity index (χ4n) is 3.03. The van der Waals surface area contributed by atoms with Crippen molar-refractivity contribution in [2.45, 2.75) is 52.0 Å². The monoisotopic (exact) mass is 320 g/mol. The Kier molecular flexibility index (Phi) is 6.71. The topological polar surface area (TPSA) is 70.6 Å². The van der Waals surface area contributed by atoms with E-state index >= 15 is 0 Å². The Labute approximate surface area is 138 Å². The van der Waals surface area contributed by atoms with Gasteiger partial charge < -0.3 is 20.5 Å². The second-order valence-electron chi connectivity index (χ2n) is 6.26. The van der Waals surface area contributed by atoms with Crippen molar-refractivity contribution >= 4 is 11.7 Å². The Morgan fingerprint density at radius 1 is 1.35 bits per heavy atom. The highest BCUT2D eigenvalue weighted by Gasteiger charge is 2.25. The number of urea groups is 1. The smallest absolute Gasteiger partial charge is 0.319 e. The highest BCUT2D eigenvalue weighted by molar-refractivity contribution is 5.90. The number of aliphatic hydroxyl groups excluding tert-OH is 1. The zero-order valence-corrected chi connectivity index (χ0v) is 14.1. The van der Waals surface area contributed by atoms with Crippen molar-refractivity contribution < 1.29 is 14.6 Å². The zero-order chi connectivity index (χ0) is 16.7. The highest BCUT2D eigenvalue weighted by Crippen LogP contribution is 2.25. The largest absolute Gasteiger partial charge is 0.494 e. The molecule has 1 aliphatic carbocycles. The molecular formula is C18H28N2O3. The van der Waals surface area contributed by atoms with Gasteiger partial charge >= 0.3 is 6.03 Å². The van der Waals surface area contributed by atoms with Crippen molar-refractivity contribution in [1.82, 2.24) is 5.32 Å². The Bertz CT molecular complexity index is 519. The van der Waals surface area contributed by atoms with E-state index in [0.29, 0.717) is 6.61 Å². The molecule has 0 saturated heterocycles. The third kappa shape index (κ3) is 5.13. The zero-order valence-electron chi connectivity index (χ0n) is 14.1. The number of ether oxygens (including phenoxy) is 1. The van der Waals surface area contributed by atoms with Crippen molar-refractivity contribution in [2.75, 3.05) is 18.5 Å². The minimum absolute atomic E-state index is 0.0567. The van der Waals surface area contributed by atoms with Gasteiger partial charge in [-0.1, -0.05) is 19.8 Å². The number of carbonyl (C=O) groups excluding carboxylic acids is 1. The maximum atomic E-state index is 12.2. The quantitative estimate of drug-likeness (QED) is 0.752. The minimum Gasteiger partial charge on any atom is -0.494 e. The van der Waals surface area contributed by atoms with E-state index in [1.54, 1.807) is 0 Å². The van der Waals surface area contributed by atoms with Crippen LogP contribution in [0.3, 0.4) is 0 Å². The summed E-state index contributed by atoms with van der Waals surface area (Å²) in [4.78, 5) is 12.2. The van der Waals surface area contributed by atoms with Gasteiger partial charge in [-0.25, -0.2) is 4.79 Å². The first-order valence-electron chi connectivity index (χ1n) is 8.56. The summed E-state index contributed by atoms with van der Waals surface area (Å²) in [5.41, 5.74) is 1.75. The van der Waals surface area contributed by atoms with Gasteiger partial charge in [0.05, 0.1) is 6.61 Å². The molecule has 2 atom stereocenters. The number of amides is 2. The molecule has 2 rings (SSSR count). The summed E-state index contributed by atoms with van der Waals surface area (Å²) in [6.07, 6.45) is 5.10. The van der Waals surface area contributed by atoms with Crippen molar-refractivity contribution in [3.63, 3.8) is 0 Å². The molecular weight excluding hydrogens is 292 g/mol. The molecule has 0 spiro atoms. The molecule has 2 amide bonds. The summed E-state index contributed by atoms with van der Waals surface area (Å²) in [6, 6.07) is 5.52. The fraction of sp³-hybridized carbons (Fsp3) is 0.611. The normalized spacial score (nSPS) is 20.8. The van der Waals surface area contributed by atoms with Crippen molar-refractivity contribution in [2.24, 2.45) is 5.92 Å². The van der Waals surface area contributed by atoms with E-state index in [0.717, 1.165) is 49.1 Å². The summed E-state index contributed by atoms with van der Waals surface area (Å²) < 4.78 is 5.59. The van der Waals surface area contributed by atoms with Gasteiger partial charge in [0.25, 0.3) is 0 Å². The van der Waals surface area contributed by atoms with Crippen LogP contribution in [0, 0.1) is 12.8 Å². The fourth-order valence-corrected chi connectivity index (χ4v) is 3.03.